The van der Waals surface area contributed by atoms with Gasteiger partial charge in [-0.25, -0.2) is 4.98 Å². The second-order valence-electron chi connectivity index (χ2n) is 8.99. The van der Waals surface area contributed by atoms with Crippen LogP contribution < -0.4 is 10.2 Å². The molecule has 0 radical (unpaired) electrons. The molecule has 1 amide bonds. The van der Waals surface area contributed by atoms with E-state index in [1.54, 1.807) is 6.07 Å². The van der Waals surface area contributed by atoms with Crippen LogP contribution in [0.25, 0.3) is 10.9 Å². The Kier molecular flexibility index (Phi) is 6.19. The summed E-state index contributed by atoms with van der Waals surface area (Å²) in [5.74, 6) is 1.02. The molecule has 4 rings (SSSR count). The monoisotopic (exact) mass is 431 g/mol. The van der Waals surface area contributed by atoms with Crippen molar-refractivity contribution in [2.24, 2.45) is 5.92 Å². The molecule has 1 aromatic heterocycles. The molecule has 1 saturated heterocycles. The van der Waals surface area contributed by atoms with E-state index in [1.165, 1.54) is 0 Å². The average molecular weight is 432 g/mol. The SMILES string of the molecule is C[C@H]1CCCC(O)(CNC(=O)c2c(Cl)ccc3nc(N4CCC(O)CC4)ccc23)C1. The highest BCUT2D eigenvalue weighted by atomic mass is 35.5. The average Bonchev–Trinajstić information content (AvgIpc) is 2.72. The molecule has 162 valence electrons. The molecule has 0 bridgehead atoms. The van der Waals surface area contributed by atoms with E-state index in [0.29, 0.717) is 40.2 Å². The molecule has 1 aliphatic carbocycles. The maximum Gasteiger partial charge on any atom is 0.253 e. The van der Waals surface area contributed by atoms with Crippen LogP contribution in [0, 0.1) is 5.92 Å². The van der Waals surface area contributed by atoms with E-state index in [1.807, 2.05) is 18.2 Å². The molecule has 2 heterocycles. The number of hydrogen-bond donors (Lipinski definition) is 3. The van der Waals surface area contributed by atoms with Crippen LogP contribution in [0.15, 0.2) is 24.3 Å². The number of rotatable bonds is 4. The van der Waals surface area contributed by atoms with E-state index in [2.05, 4.69) is 17.1 Å². The molecule has 2 atom stereocenters. The van der Waals surface area contributed by atoms with Crippen LogP contribution in [0.1, 0.15) is 55.8 Å². The first-order chi connectivity index (χ1) is 14.3. The molecule has 2 fully saturated rings. The first kappa shape index (κ1) is 21.3. The first-order valence-electron chi connectivity index (χ1n) is 10.9. The number of anilines is 1. The van der Waals surface area contributed by atoms with E-state index < -0.39 is 5.60 Å². The van der Waals surface area contributed by atoms with Crippen molar-refractivity contribution >= 4 is 34.2 Å². The normalized spacial score (nSPS) is 25.5. The second-order valence-corrected chi connectivity index (χ2v) is 9.39. The number of fused-ring (bicyclic) bond motifs is 1. The number of nitrogens with one attached hydrogen (secondary N) is 1. The predicted octanol–water partition coefficient (Wildman–Crippen LogP) is 3.52. The van der Waals surface area contributed by atoms with Gasteiger partial charge in [-0.2, -0.15) is 0 Å². The molecule has 7 heteroatoms. The molecule has 30 heavy (non-hydrogen) atoms. The summed E-state index contributed by atoms with van der Waals surface area (Å²) in [6.07, 6.45) is 4.73. The Bertz CT molecular complexity index is 929. The quantitative estimate of drug-likeness (QED) is 0.689. The van der Waals surface area contributed by atoms with Gasteiger partial charge in [0.1, 0.15) is 5.82 Å². The Hall–Kier alpha value is -1.89. The van der Waals surface area contributed by atoms with Gasteiger partial charge in [-0.1, -0.05) is 31.4 Å². The summed E-state index contributed by atoms with van der Waals surface area (Å²) in [5, 5.41) is 24.5. The van der Waals surface area contributed by atoms with E-state index in [0.717, 1.165) is 44.6 Å². The van der Waals surface area contributed by atoms with Crippen molar-refractivity contribution in [3.63, 3.8) is 0 Å². The van der Waals surface area contributed by atoms with Crippen LogP contribution in [-0.4, -0.2) is 52.4 Å². The van der Waals surface area contributed by atoms with Crippen LogP contribution >= 0.6 is 11.6 Å². The number of carbonyl (C=O) groups is 1. The van der Waals surface area contributed by atoms with Gasteiger partial charge in [0.2, 0.25) is 0 Å². The second kappa shape index (κ2) is 8.69. The number of aliphatic hydroxyl groups is 2. The molecule has 1 unspecified atom stereocenters. The number of aromatic nitrogens is 1. The van der Waals surface area contributed by atoms with Crippen molar-refractivity contribution in [2.45, 2.75) is 57.2 Å². The Morgan fingerprint density at radius 3 is 2.77 bits per heavy atom. The topological polar surface area (TPSA) is 85.7 Å². The fraction of sp³-hybridized carbons (Fsp3) is 0.565. The lowest BCUT2D eigenvalue weighted by Crippen LogP contribution is -2.45. The van der Waals surface area contributed by atoms with Gasteiger partial charge in [-0.3, -0.25) is 4.79 Å². The van der Waals surface area contributed by atoms with Gasteiger partial charge in [0.25, 0.3) is 5.91 Å². The maximum atomic E-state index is 13.0. The largest absolute Gasteiger partial charge is 0.393 e. The molecule has 1 aromatic carbocycles. The Labute approximate surface area is 182 Å². The zero-order valence-corrected chi connectivity index (χ0v) is 18.2. The summed E-state index contributed by atoms with van der Waals surface area (Å²) in [6, 6.07) is 7.32. The minimum absolute atomic E-state index is 0.227. The van der Waals surface area contributed by atoms with Gasteiger partial charge in [0.05, 0.1) is 27.8 Å². The van der Waals surface area contributed by atoms with Gasteiger partial charge in [0, 0.05) is 25.0 Å². The number of halogens is 1. The fourth-order valence-corrected chi connectivity index (χ4v) is 5.05. The minimum atomic E-state index is -0.853. The first-order valence-corrected chi connectivity index (χ1v) is 11.3. The lowest BCUT2D eigenvalue weighted by molar-refractivity contribution is -0.0109. The predicted molar refractivity (Wildman–Crippen MR) is 119 cm³/mol. The molecule has 3 N–H and O–H groups in total. The van der Waals surface area contributed by atoms with Gasteiger partial charge in [0.15, 0.2) is 0 Å². The third-order valence-corrected chi connectivity index (χ3v) is 6.78. The van der Waals surface area contributed by atoms with Gasteiger partial charge in [-0.15, -0.1) is 0 Å². The standard InChI is InChI=1S/C23H30ClN3O3/c1-15-3-2-10-23(30,13-15)14-25-22(29)21-17-4-7-20(26-19(17)6-5-18(21)24)27-11-8-16(28)9-12-27/h4-7,15-16,28,30H,2-3,8-14H2,1H3,(H,25,29)/t15-,23?/m0/s1. The van der Waals surface area contributed by atoms with E-state index in [9.17, 15) is 15.0 Å². The summed E-state index contributed by atoms with van der Waals surface area (Å²) in [6.45, 7) is 3.89. The van der Waals surface area contributed by atoms with Crippen molar-refractivity contribution in [1.29, 1.82) is 0 Å². The van der Waals surface area contributed by atoms with Crippen LogP contribution in [0.3, 0.4) is 0 Å². The number of hydrogen-bond acceptors (Lipinski definition) is 5. The van der Waals surface area contributed by atoms with E-state index in [4.69, 9.17) is 16.6 Å². The van der Waals surface area contributed by atoms with Crippen LogP contribution in [0.4, 0.5) is 5.82 Å². The summed E-state index contributed by atoms with van der Waals surface area (Å²) in [4.78, 5) is 19.9. The van der Waals surface area contributed by atoms with Crippen LogP contribution in [-0.2, 0) is 0 Å². The number of aliphatic hydroxyl groups excluding tert-OH is 1. The molecule has 1 saturated carbocycles. The summed E-state index contributed by atoms with van der Waals surface area (Å²) in [7, 11) is 0. The van der Waals surface area contributed by atoms with Gasteiger partial charge < -0.3 is 20.4 Å². The third kappa shape index (κ3) is 4.56. The van der Waals surface area contributed by atoms with Crippen molar-refractivity contribution in [1.82, 2.24) is 10.3 Å². The zero-order valence-electron chi connectivity index (χ0n) is 17.4. The maximum absolute atomic E-state index is 13.0. The summed E-state index contributed by atoms with van der Waals surface area (Å²) >= 11 is 6.39. The number of benzene rings is 1. The number of carbonyl (C=O) groups excluding carboxylic acids is 1. The lowest BCUT2D eigenvalue weighted by atomic mass is 9.79. The van der Waals surface area contributed by atoms with Crippen LogP contribution in [0.2, 0.25) is 5.02 Å². The van der Waals surface area contributed by atoms with Crippen molar-refractivity contribution in [2.75, 3.05) is 24.5 Å². The third-order valence-electron chi connectivity index (χ3n) is 6.47. The molecule has 6 nitrogen and oxygen atoms in total. The zero-order chi connectivity index (χ0) is 21.3. The Balaban J connectivity index is 1.54. The summed E-state index contributed by atoms with van der Waals surface area (Å²) in [5.41, 5.74) is 0.252. The van der Waals surface area contributed by atoms with Crippen molar-refractivity contribution < 1.29 is 15.0 Å². The Morgan fingerprint density at radius 2 is 2.03 bits per heavy atom. The fourth-order valence-electron chi connectivity index (χ4n) is 4.79. The number of amides is 1. The van der Waals surface area contributed by atoms with Crippen molar-refractivity contribution in [3.8, 4) is 0 Å². The lowest BCUT2D eigenvalue weighted by Gasteiger charge is -2.35. The molecular weight excluding hydrogens is 402 g/mol. The Morgan fingerprint density at radius 1 is 1.27 bits per heavy atom. The number of piperidine rings is 1. The molecule has 2 aromatic rings. The smallest absolute Gasteiger partial charge is 0.253 e. The van der Waals surface area contributed by atoms with Gasteiger partial charge in [-0.05, 0) is 55.9 Å². The van der Waals surface area contributed by atoms with E-state index in [-0.39, 0.29) is 18.6 Å². The number of pyridine rings is 1. The molecule has 1 aliphatic heterocycles. The van der Waals surface area contributed by atoms with Crippen molar-refractivity contribution in [3.05, 3.63) is 34.9 Å². The van der Waals surface area contributed by atoms with Crippen LogP contribution in [0.5, 0.6) is 0 Å². The highest BCUT2D eigenvalue weighted by Gasteiger charge is 2.33. The molecule has 0 spiro atoms. The number of nitrogens with zero attached hydrogens (tertiary/aromatic N) is 2. The minimum Gasteiger partial charge on any atom is -0.393 e. The van der Waals surface area contributed by atoms with Gasteiger partial charge >= 0.3 is 0 Å². The highest BCUT2D eigenvalue weighted by Crippen LogP contribution is 2.32. The molecule has 2 aliphatic rings. The summed E-state index contributed by atoms with van der Waals surface area (Å²) < 4.78 is 0. The van der Waals surface area contributed by atoms with E-state index >= 15 is 0 Å². The highest BCUT2D eigenvalue weighted by molar-refractivity contribution is 6.35. The molecular formula is C23H30ClN3O3.